The van der Waals surface area contributed by atoms with Crippen molar-refractivity contribution in [1.82, 2.24) is 19.5 Å². The van der Waals surface area contributed by atoms with Gasteiger partial charge in [-0.25, -0.2) is 23.9 Å². The average molecular weight is 651 g/mol. The number of nitrogens with zero attached hydrogens (tertiary/aromatic N) is 4. The molecule has 1 aromatic carbocycles. The molecule has 2 aromatic heterocycles. The molecule has 2 unspecified atom stereocenters. The lowest BCUT2D eigenvalue weighted by Crippen LogP contribution is -2.42. The predicted octanol–water partition coefficient (Wildman–Crippen LogP) is 6.65. The summed E-state index contributed by atoms with van der Waals surface area (Å²) in [5.74, 6) is 0.172. The summed E-state index contributed by atoms with van der Waals surface area (Å²) in [6, 6.07) is 5.52. The number of amides is 2. The van der Waals surface area contributed by atoms with Crippen LogP contribution in [0.3, 0.4) is 0 Å². The smallest absolute Gasteiger partial charge is 0.415 e. The Bertz CT molecular complexity index is 1670. The van der Waals surface area contributed by atoms with Crippen molar-refractivity contribution >= 4 is 46.8 Å². The fourth-order valence-electron chi connectivity index (χ4n) is 6.25. The largest absolute Gasteiger partial charge is 0.459 e. The Morgan fingerprint density at radius 3 is 2.41 bits per heavy atom. The molecule has 246 valence electrons. The van der Waals surface area contributed by atoms with Gasteiger partial charge < -0.3 is 24.4 Å². The number of carbonyl (C=O) groups is 3. The molecular formula is C33H42N6O6S. The lowest BCUT2D eigenvalue weighted by molar-refractivity contribution is -0.123. The van der Waals surface area contributed by atoms with E-state index in [9.17, 15) is 14.4 Å². The zero-order valence-corrected chi connectivity index (χ0v) is 28.2. The number of aromatic nitrogens is 3. The molecule has 0 bridgehead atoms. The van der Waals surface area contributed by atoms with E-state index in [1.165, 1.54) is 21.2 Å². The van der Waals surface area contributed by atoms with Gasteiger partial charge in [-0.2, -0.15) is 0 Å². The van der Waals surface area contributed by atoms with Gasteiger partial charge in [0.05, 0.1) is 25.5 Å². The second-order valence-corrected chi connectivity index (χ2v) is 14.2. The number of rotatable bonds is 6. The molecule has 2 aliphatic rings. The van der Waals surface area contributed by atoms with Crippen molar-refractivity contribution in [3.63, 3.8) is 0 Å². The summed E-state index contributed by atoms with van der Waals surface area (Å²) in [6.45, 7) is 21.3. The van der Waals surface area contributed by atoms with E-state index in [1.54, 1.807) is 6.07 Å². The Balaban J connectivity index is 1.59. The average Bonchev–Trinajstić information content (AvgIpc) is 3.56. The number of morpholine rings is 1. The molecule has 2 amide bonds. The lowest BCUT2D eigenvalue weighted by atomic mass is 9.75. The van der Waals surface area contributed by atoms with Crippen LogP contribution in [0.25, 0.3) is 21.9 Å². The molecule has 1 aliphatic heterocycles. The van der Waals surface area contributed by atoms with Crippen LogP contribution in [0.15, 0.2) is 23.1 Å². The fourth-order valence-corrected chi connectivity index (χ4v) is 6.79. The Morgan fingerprint density at radius 1 is 1.13 bits per heavy atom. The van der Waals surface area contributed by atoms with Crippen LogP contribution in [0.4, 0.5) is 16.2 Å². The monoisotopic (exact) mass is 650 g/mol. The molecule has 1 saturated carbocycles. The summed E-state index contributed by atoms with van der Waals surface area (Å²) in [5, 5.41) is 6.14. The van der Waals surface area contributed by atoms with E-state index in [1.807, 2.05) is 39.2 Å². The first-order chi connectivity index (χ1) is 21.8. The first kappa shape index (κ1) is 33.3. The summed E-state index contributed by atoms with van der Waals surface area (Å²) in [5.41, 5.74) is 0.502. The quantitative estimate of drug-likeness (QED) is 0.172. The third kappa shape index (κ3) is 6.73. The fraction of sp³-hybridized carbons (Fsp3) is 0.545. The van der Waals surface area contributed by atoms with Crippen molar-refractivity contribution in [2.24, 2.45) is 23.2 Å². The highest BCUT2D eigenvalue weighted by atomic mass is 32.2. The zero-order valence-electron chi connectivity index (χ0n) is 27.4. The van der Waals surface area contributed by atoms with Crippen molar-refractivity contribution < 1.29 is 28.6 Å². The van der Waals surface area contributed by atoms with Gasteiger partial charge in [-0.15, -0.1) is 11.8 Å². The van der Waals surface area contributed by atoms with E-state index < -0.39 is 17.5 Å². The van der Waals surface area contributed by atoms with Crippen LogP contribution < -0.4 is 10.1 Å². The van der Waals surface area contributed by atoms with Crippen LogP contribution in [0, 0.1) is 29.7 Å². The van der Waals surface area contributed by atoms with E-state index in [0.29, 0.717) is 49.3 Å². The van der Waals surface area contributed by atoms with Crippen LogP contribution >= 0.6 is 11.8 Å². The second-order valence-electron chi connectivity index (χ2n) is 13.4. The number of H-pyrrole nitrogens is 1. The molecule has 3 heterocycles. The van der Waals surface area contributed by atoms with E-state index in [4.69, 9.17) is 25.8 Å². The SMILES string of the molecule is [C-]#[N+]c1c(C(=O)OC2C(C)CC(C)CC2C)c2nc(-c3ccc(SC)c(NC(=O)C(C)(C)C)c3)[nH]n2c1OC(=O)N1CCOCC1. The summed E-state index contributed by atoms with van der Waals surface area (Å²) in [7, 11) is 0. The number of benzene rings is 1. The van der Waals surface area contributed by atoms with Gasteiger partial charge in [0, 0.05) is 29.0 Å². The maximum absolute atomic E-state index is 13.9. The first-order valence-electron chi connectivity index (χ1n) is 15.6. The number of carbonyl (C=O) groups excluding carboxylic acids is 3. The minimum atomic E-state index is -0.690. The van der Waals surface area contributed by atoms with Crippen molar-refractivity contribution in [1.29, 1.82) is 0 Å². The van der Waals surface area contributed by atoms with Crippen molar-refractivity contribution in [2.75, 3.05) is 37.9 Å². The van der Waals surface area contributed by atoms with Crippen LogP contribution in [-0.4, -0.2) is 76.1 Å². The van der Waals surface area contributed by atoms with E-state index in [2.05, 4.69) is 36.0 Å². The molecular weight excluding hydrogens is 608 g/mol. The number of fused-ring (bicyclic) bond motifs is 1. The Morgan fingerprint density at radius 2 is 1.80 bits per heavy atom. The molecule has 1 aliphatic carbocycles. The van der Waals surface area contributed by atoms with E-state index >= 15 is 0 Å². The minimum Gasteiger partial charge on any atom is -0.459 e. The van der Waals surface area contributed by atoms with Gasteiger partial charge in [0.25, 0.3) is 5.69 Å². The van der Waals surface area contributed by atoms with Gasteiger partial charge in [-0.3, -0.25) is 9.89 Å². The number of anilines is 1. The first-order valence-corrected chi connectivity index (χ1v) is 16.8. The molecule has 0 radical (unpaired) electrons. The Kier molecular flexibility index (Phi) is 9.70. The topological polar surface area (TPSA) is 132 Å². The number of hydrogen-bond acceptors (Lipinski definition) is 8. The zero-order chi connectivity index (χ0) is 33.3. The molecule has 3 aromatic rings. The Hall–Kier alpha value is -4.02. The maximum Gasteiger partial charge on any atom is 0.415 e. The number of ether oxygens (including phenoxy) is 3. The van der Waals surface area contributed by atoms with Gasteiger partial charge in [-0.1, -0.05) is 41.5 Å². The number of thioether (sulfide) groups is 1. The molecule has 0 spiro atoms. The van der Waals surface area contributed by atoms with Crippen molar-refractivity contribution in [3.05, 3.63) is 35.2 Å². The van der Waals surface area contributed by atoms with Gasteiger partial charge in [0.15, 0.2) is 11.5 Å². The number of aromatic amines is 1. The summed E-state index contributed by atoms with van der Waals surface area (Å²) < 4.78 is 18.6. The minimum absolute atomic E-state index is 0.0673. The predicted molar refractivity (Wildman–Crippen MR) is 175 cm³/mol. The number of esters is 1. The molecule has 46 heavy (non-hydrogen) atoms. The highest BCUT2D eigenvalue weighted by molar-refractivity contribution is 7.98. The molecule has 1 saturated heterocycles. The molecule has 12 nitrogen and oxygen atoms in total. The molecule has 2 fully saturated rings. The molecule has 2 atom stereocenters. The summed E-state index contributed by atoms with van der Waals surface area (Å²) in [6.07, 6.45) is 2.79. The number of nitrogens with one attached hydrogen (secondary N) is 2. The van der Waals surface area contributed by atoms with Crippen LogP contribution in [0.1, 0.15) is 64.7 Å². The maximum atomic E-state index is 13.9. The summed E-state index contributed by atoms with van der Waals surface area (Å²) in [4.78, 5) is 50.7. The summed E-state index contributed by atoms with van der Waals surface area (Å²) >= 11 is 1.49. The van der Waals surface area contributed by atoms with E-state index in [0.717, 1.165) is 17.7 Å². The van der Waals surface area contributed by atoms with Crippen molar-refractivity contribution in [3.8, 4) is 17.3 Å². The van der Waals surface area contributed by atoms with Crippen LogP contribution in [0.2, 0.25) is 0 Å². The van der Waals surface area contributed by atoms with E-state index in [-0.39, 0.29) is 46.6 Å². The van der Waals surface area contributed by atoms with Crippen molar-refractivity contribution in [2.45, 2.75) is 65.4 Å². The van der Waals surface area contributed by atoms with Gasteiger partial charge in [-0.05, 0) is 55.1 Å². The molecule has 13 heteroatoms. The highest BCUT2D eigenvalue weighted by Crippen LogP contribution is 2.41. The van der Waals surface area contributed by atoms with Gasteiger partial charge in [0.2, 0.25) is 11.8 Å². The lowest BCUT2D eigenvalue weighted by Gasteiger charge is -2.37. The van der Waals surface area contributed by atoms with Gasteiger partial charge >= 0.3 is 12.1 Å². The third-order valence-corrected chi connectivity index (χ3v) is 9.39. The Labute approximate surface area is 273 Å². The third-order valence-electron chi connectivity index (χ3n) is 8.60. The van der Waals surface area contributed by atoms with Crippen LogP contribution in [0.5, 0.6) is 5.88 Å². The highest BCUT2D eigenvalue weighted by Gasteiger charge is 2.38. The molecule has 5 rings (SSSR count). The van der Waals surface area contributed by atoms with Crippen LogP contribution in [-0.2, 0) is 14.3 Å². The molecule has 2 N–H and O–H groups in total. The number of hydrogen-bond donors (Lipinski definition) is 2. The second kappa shape index (κ2) is 13.4. The standard InChI is InChI=1S/C33H42N6O6S/c1-18-15-19(2)26(20(3)16-18)44-30(40)24-25(34-7)29(45-32(42)38-11-13-43-14-12-38)39-28(24)36-27(37-39)21-9-10-23(46-8)22(17-21)35-31(41)33(4,5)6/h9-10,17-20,26H,11-16H2,1-6,8H3,(H,35,41)(H,36,37). The van der Waals surface area contributed by atoms with Gasteiger partial charge in [0.1, 0.15) is 11.7 Å². The normalized spacial score (nSPS) is 21.9.